The number of phenolic OH excluding ortho intramolecular Hbond substituents is 2. The third-order valence-electron chi connectivity index (χ3n) is 17.7. The van der Waals surface area contributed by atoms with Gasteiger partial charge in [0.25, 0.3) is 0 Å². The minimum Gasteiger partial charge on any atom is -0.504 e. The van der Waals surface area contributed by atoms with Crippen molar-refractivity contribution in [2.45, 2.75) is 112 Å². The number of aromatic hydroxyl groups is 2. The van der Waals surface area contributed by atoms with E-state index < -0.39 is 11.2 Å². The molecule has 2 saturated heterocycles. The summed E-state index contributed by atoms with van der Waals surface area (Å²) < 4.78 is 25.5. The maximum atomic E-state index is 12.8. The molecule has 11 nitrogen and oxygen atoms in total. The number of ether oxygens (including phenoxy) is 4. The van der Waals surface area contributed by atoms with Crippen LogP contribution in [0.4, 0.5) is 0 Å². The summed E-state index contributed by atoms with van der Waals surface area (Å²) in [5.41, 5.74) is 3.13. The Hall–Kier alpha value is -2.82. The van der Waals surface area contributed by atoms with Gasteiger partial charge in [0, 0.05) is 82.6 Å². The summed E-state index contributed by atoms with van der Waals surface area (Å²) in [7, 11) is 8.87. The van der Waals surface area contributed by atoms with Crippen LogP contribution in [-0.4, -0.2) is 121 Å². The van der Waals surface area contributed by atoms with E-state index in [-0.39, 0.29) is 90.6 Å². The van der Waals surface area contributed by atoms with E-state index in [1.165, 1.54) is 22.3 Å². The molecule has 4 aliphatic heterocycles. The number of piperidine rings is 2. The van der Waals surface area contributed by atoms with Crippen molar-refractivity contribution < 1.29 is 65.7 Å². The zero-order valence-electron chi connectivity index (χ0n) is 34.0. The van der Waals surface area contributed by atoms with Crippen molar-refractivity contribution in [2.24, 2.45) is 22.7 Å². The van der Waals surface area contributed by atoms with Crippen LogP contribution in [0.5, 0.6) is 23.0 Å². The van der Waals surface area contributed by atoms with Gasteiger partial charge in [-0.3, -0.25) is 9.59 Å². The second kappa shape index (κ2) is 12.6. The largest absolute Gasteiger partial charge is 0.504 e. The number of likely N-dealkylation sites (N-methyl/N-ethyl adjacent to an activating group) is 2. The first-order chi connectivity index (χ1) is 26.8. The Morgan fingerprint density at radius 3 is 1.89 bits per heavy atom. The Kier molecular flexibility index (Phi) is 8.76. The van der Waals surface area contributed by atoms with Gasteiger partial charge >= 0.3 is 0 Å². The molecule has 12 aliphatic rings. The zero-order chi connectivity index (χ0) is 39.5. The van der Waals surface area contributed by atoms with Gasteiger partial charge in [-0.15, -0.1) is 0 Å². The van der Waals surface area contributed by atoms with Crippen LogP contribution in [0, 0.1) is 22.7 Å². The number of nitrogens with zero attached hydrogens (tertiary/aromatic N) is 2. The van der Waals surface area contributed by atoms with Crippen LogP contribution in [0.15, 0.2) is 36.4 Å². The maximum Gasteiger partial charge on any atom is 0.165 e. The minimum atomic E-state index is -0.770. The second-order valence-corrected chi connectivity index (χ2v) is 18.7. The number of hydrogen-bond donors (Lipinski definition) is 3. The molecule has 12 atom stereocenters. The fourth-order valence-electron chi connectivity index (χ4n) is 15.7. The van der Waals surface area contributed by atoms with Crippen molar-refractivity contribution in [1.29, 1.82) is 0 Å². The molecule has 14 rings (SSSR count). The van der Waals surface area contributed by atoms with Gasteiger partial charge in [0.15, 0.2) is 23.0 Å². The predicted molar refractivity (Wildman–Crippen MR) is 208 cm³/mol. The summed E-state index contributed by atoms with van der Waals surface area (Å²) in [5, 5.41) is 28.3. The smallest absolute Gasteiger partial charge is 0.165 e. The Labute approximate surface area is 350 Å². The van der Waals surface area contributed by atoms with Crippen molar-refractivity contribution >= 4 is 11.6 Å². The molecule has 57 heavy (non-hydrogen) atoms. The Bertz CT molecular complexity index is 2110. The number of aliphatic hydroxyl groups excluding tert-OH is 1. The molecule has 4 heterocycles. The van der Waals surface area contributed by atoms with Gasteiger partial charge in [-0.05, 0) is 116 Å². The Morgan fingerprint density at radius 2 is 1.30 bits per heavy atom. The number of likely N-dealkylation sites (tertiary alicyclic amines) is 2. The van der Waals surface area contributed by atoms with E-state index in [1.54, 1.807) is 40.2 Å². The number of fused-ring (bicyclic) bond motifs is 3. The molecule has 8 aliphatic carbocycles. The molecule has 0 radical (unpaired) electrons. The number of rotatable bonds is 4. The second-order valence-electron chi connectivity index (χ2n) is 18.7. The standard InChI is InChI=1S/C22H27NO4.C22H25NO4.CH4O.Pd.H2/c2*1-12(24)14-11-20-6-7-22(14,26-3)19-21(20)8-9-23(2)16(20)10-13-4-5-15(25)18(27-19)17(13)21;1-2;;/h4-5,14,16,19,25H,6-11H2,1-3H3;4-7,14,16,19,25H,8-11H2,1-3H3;2H,1H3;;1H/t2*14-,16?,19?,20-,21?,22-;;;/m11.../s1. The van der Waals surface area contributed by atoms with Gasteiger partial charge in [0.05, 0.1) is 17.3 Å². The van der Waals surface area contributed by atoms with E-state index in [4.69, 9.17) is 24.1 Å². The molecule has 4 spiro atoms. The van der Waals surface area contributed by atoms with Gasteiger partial charge in [0.2, 0.25) is 0 Å². The molecule has 12 heteroatoms. The summed E-state index contributed by atoms with van der Waals surface area (Å²) in [5.74, 6) is 1.73. The Balaban J connectivity index is 0.000000150. The van der Waals surface area contributed by atoms with E-state index in [1.807, 2.05) is 0 Å². The molecule has 0 amide bonds. The fourth-order valence-corrected chi connectivity index (χ4v) is 15.7. The first kappa shape index (κ1) is 39.6. The summed E-state index contributed by atoms with van der Waals surface area (Å²) in [6.45, 7) is 5.39. The van der Waals surface area contributed by atoms with Crippen LogP contribution in [0.25, 0.3) is 0 Å². The third kappa shape index (κ3) is 4.15. The van der Waals surface area contributed by atoms with Crippen molar-refractivity contribution in [3.05, 3.63) is 58.7 Å². The molecular weight excluding hydrogens is 819 g/mol. The van der Waals surface area contributed by atoms with Crippen molar-refractivity contribution in [3.63, 3.8) is 0 Å². The average molecular weight is 877 g/mol. The van der Waals surface area contributed by atoms with Crippen LogP contribution in [-0.2, 0) is 63.2 Å². The Morgan fingerprint density at radius 1 is 0.737 bits per heavy atom. The number of aliphatic hydroxyl groups is 1. The fraction of sp³-hybridized carbons (Fsp3) is 0.644. The molecule has 6 fully saturated rings. The number of carbonyl (C=O) groups is 2. The predicted octanol–water partition coefficient (Wildman–Crippen LogP) is 4.48. The summed E-state index contributed by atoms with van der Waals surface area (Å²) in [4.78, 5) is 30.4. The van der Waals surface area contributed by atoms with Crippen molar-refractivity contribution in [1.82, 2.24) is 9.80 Å². The van der Waals surface area contributed by atoms with E-state index in [0.29, 0.717) is 23.6 Å². The SMILES string of the molecule is CO.CO[C@]12C=C[C@@]3(C[C@@H]1C(C)=O)C1Cc4ccc(O)c5c4C3(CCN1C)C2O5.CO[C@]12CC[C@@]3(C[C@@H]1C(C)=O)C1Cc4ccc(O)c5c4C3(CCN1C)C2O5.[HH].[Pd]. The van der Waals surface area contributed by atoms with Crippen LogP contribution in [0.2, 0.25) is 0 Å². The monoisotopic (exact) mass is 876 g/mol. The molecule has 4 saturated carbocycles. The molecule has 6 unspecified atom stereocenters. The average Bonchev–Trinajstić information content (AvgIpc) is 3.77. The molecule has 0 aromatic heterocycles. The van der Waals surface area contributed by atoms with Crippen LogP contribution in [0.1, 0.15) is 76.1 Å². The maximum absolute atomic E-state index is 12.8. The van der Waals surface area contributed by atoms with Crippen LogP contribution in [0.3, 0.4) is 0 Å². The van der Waals surface area contributed by atoms with Crippen LogP contribution < -0.4 is 9.47 Å². The normalized spacial score (nSPS) is 43.5. The minimum absolute atomic E-state index is 0. The third-order valence-corrected chi connectivity index (χ3v) is 17.7. The first-order valence-electron chi connectivity index (χ1n) is 20.5. The van der Waals surface area contributed by atoms with E-state index >= 15 is 0 Å². The van der Waals surface area contributed by atoms with Crippen molar-refractivity contribution in [3.8, 4) is 23.0 Å². The summed E-state index contributed by atoms with van der Waals surface area (Å²) in [6.07, 6.45) is 11.4. The number of benzene rings is 2. The van der Waals surface area contributed by atoms with Crippen molar-refractivity contribution in [2.75, 3.05) is 48.5 Å². The summed E-state index contributed by atoms with van der Waals surface area (Å²) >= 11 is 0. The van der Waals surface area contributed by atoms with Gasteiger partial charge in [0.1, 0.15) is 35.0 Å². The van der Waals surface area contributed by atoms with Gasteiger partial charge in [-0.1, -0.05) is 24.3 Å². The molecule has 8 bridgehead atoms. The molecule has 3 N–H and O–H groups in total. The van der Waals surface area contributed by atoms with E-state index in [9.17, 15) is 19.8 Å². The molecular formula is C45H58N2O9Pd. The van der Waals surface area contributed by atoms with E-state index in [2.05, 4.69) is 48.2 Å². The number of hydrogen-bond acceptors (Lipinski definition) is 11. The van der Waals surface area contributed by atoms with Crippen LogP contribution >= 0.6 is 0 Å². The molecule has 2 aromatic carbocycles. The molecule has 312 valence electrons. The first-order valence-corrected chi connectivity index (χ1v) is 20.5. The number of phenols is 2. The quantitative estimate of drug-likeness (QED) is 0.297. The topological polar surface area (TPSA) is 138 Å². The number of ketones is 2. The van der Waals surface area contributed by atoms with Gasteiger partial charge < -0.3 is 44.1 Å². The van der Waals surface area contributed by atoms with Gasteiger partial charge in [-0.2, -0.15) is 0 Å². The van der Waals surface area contributed by atoms with Gasteiger partial charge in [-0.25, -0.2) is 0 Å². The number of methoxy groups -OCH3 is 2. The number of Topliss-reactive ketones (excluding diaryl/α,β-unsaturated/α-hetero) is 2. The zero-order valence-corrected chi connectivity index (χ0v) is 35.6. The molecule has 2 aromatic rings. The number of carbonyl (C=O) groups excluding carboxylic acids is 2. The van der Waals surface area contributed by atoms with E-state index in [0.717, 1.165) is 71.6 Å². The summed E-state index contributed by atoms with van der Waals surface area (Å²) in [6, 6.07) is 8.43.